The third kappa shape index (κ3) is 4.62. The Balaban J connectivity index is 2.10. The summed E-state index contributed by atoms with van der Waals surface area (Å²) in [5, 5.41) is 2.93. The van der Waals surface area contributed by atoms with E-state index in [2.05, 4.69) is 5.32 Å². The van der Waals surface area contributed by atoms with Crippen LogP contribution in [0.3, 0.4) is 0 Å². The number of rotatable bonds is 5. The number of methoxy groups -OCH3 is 1. The van der Waals surface area contributed by atoms with Crippen LogP contribution in [0.1, 0.15) is 32.1 Å². The van der Waals surface area contributed by atoms with Crippen LogP contribution < -0.4 is 11.1 Å². The number of amides is 1. The molecule has 0 spiro atoms. The number of carbonyl (C=O) groups is 1. The molecule has 0 aromatic rings. The molecule has 0 aromatic heterocycles. The standard InChI is InChI=1S/C11H22N2O2/c1-15-10-4-2-9(3-5-10)8-13-11(14)6-7-12/h9-10H,2-8,12H2,1H3,(H,13,14). The molecule has 1 saturated carbocycles. The predicted octanol–water partition coefficient (Wildman–Crippen LogP) is 0.657. The first-order chi connectivity index (χ1) is 7.26. The van der Waals surface area contributed by atoms with Gasteiger partial charge in [0.1, 0.15) is 0 Å². The van der Waals surface area contributed by atoms with Crippen LogP contribution in [0.2, 0.25) is 0 Å². The number of hydrogen-bond donors (Lipinski definition) is 2. The Morgan fingerprint density at radius 2 is 2.07 bits per heavy atom. The van der Waals surface area contributed by atoms with Gasteiger partial charge in [-0.05, 0) is 31.6 Å². The minimum atomic E-state index is 0.0753. The molecule has 88 valence electrons. The van der Waals surface area contributed by atoms with Crippen LogP contribution in [0.15, 0.2) is 0 Å². The van der Waals surface area contributed by atoms with E-state index < -0.39 is 0 Å². The van der Waals surface area contributed by atoms with Crippen molar-refractivity contribution in [3.63, 3.8) is 0 Å². The lowest BCUT2D eigenvalue weighted by molar-refractivity contribution is -0.121. The molecule has 0 radical (unpaired) electrons. The lowest BCUT2D eigenvalue weighted by Gasteiger charge is -2.27. The Labute approximate surface area is 91.5 Å². The highest BCUT2D eigenvalue weighted by atomic mass is 16.5. The minimum absolute atomic E-state index is 0.0753. The molecule has 0 bridgehead atoms. The quantitative estimate of drug-likeness (QED) is 0.706. The van der Waals surface area contributed by atoms with E-state index in [4.69, 9.17) is 10.5 Å². The lowest BCUT2D eigenvalue weighted by Crippen LogP contribution is -2.33. The topological polar surface area (TPSA) is 64.3 Å². The van der Waals surface area contributed by atoms with Crippen molar-refractivity contribution in [2.45, 2.75) is 38.2 Å². The first kappa shape index (κ1) is 12.5. The highest BCUT2D eigenvalue weighted by Gasteiger charge is 2.20. The number of carbonyl (C=O) groups excluding carboxylic acids is 1. The highest BCUT2D eigenvalue weighted by Crippen LogP contribution is 2.25. The molecular formula is C11H22N2O2. The minimum Gasteiger partial charge on any atom is -0.381 e. The van der Waals surface area contributed by atoms with E-state index in [1.165, 1.54) is 0 Å². The van der Waals surface area contributed by atoms with Crippen LogP contribution in [-0.4, -0.2) is 32.2 Å². The summed E-state index contributed by atoms with van der Waals surface area (Å²) in [6, 6.07) is 0. The number of nitrogens with two attached hydrogens (primary N) is 1. The van der Waals surface area contributed by atoms with Crippen LogP contribution in [-0.2, 0) is 9.53 Å². The molecule has 0 unspecified atom stereocenters. The normalized spacial score (nSPS) is 26.3. The molecule has 0 aliphatic heterocycles. The molecule has 3 N–H and O–H groups in total. The van der Waals surface area contributed by atoms with Crippen LogP contribution in [0.4, 0.5) is 0 Å². The summed E-state index contributed by atoms with van der Waals surface area (Å²) in [4.78, 5) is 11.2. The van der Waals surface area contributed by atoms with Crippen molar-refractivity contribution in [3.05, 3.63) is 0 Å². The number of nitrogens with one attached hydrogen (secondary N) is 1. The summed E-state index contributed by atoms with van der Waals surface area (Å²) in [7, 11) is 1.77. The molecule has 1 aliphatic carbocycles. The summed E-state index contributed by atoms with van der Waals surface area (Å²) >= 11 is 0. The second-order valence-corrected chi connectivity index (χ2v) is 4.22. The van der Waals surface area contributed by atoms with Gasteiger partial charge in [0.2, 0.25) is 5.91 Å². The van der Waals surface area contributed by atoms with Crippen molar-refractivity contribution in [1.29, 1.82) is 0 Å². The molecular weight excluding hydrogens is 192 g/mol. The summed E-state index contributed by atoms with van der Waals surface area (Å²) < 4.78 is 5.30. The van der Waals surface area contributed by atoms with E-state index in [0.29, 0.717) is 25.0 Å². The van der Waals surface area contributed by atoms with E-state index in [-0.39, 0.29) is 5.91 Å². The van der Waals surface area contributed by atoms with Crippen LogP contribution in [0.5, 0.6) is 0 Å². The van der Waals surface area contributed by atoms with E-state index in [1.54, 1.807) is 7.11 Å². The van der Waals surface area contributed by atoms with Gasteiger partial charge in [-0.25, -0.2) is 0 Å². The second-order valence-electron chi connectivity index (χ2n) is 4.22. The number of hydrogen-bond acceptors (Lipinski definition) is 3. The summed E-state index contributed by atoms with van der Waals surface area (Å²) in [5.74, 6) is 0.699. The average Bonchev–Trinajstić information content (AvgIpc) is 2.27. The van der Waals surface area contributed by atoms with Gasteiger partial charge in [0, 0.05) is 26.6 Å². The summed E-state index contributed by atoms with van der Waals surface area (Å²) in [6.07, 6.45) is 5.42. The molecule has 0 aromatic carbocycles. The summed E-state index contributed by atoms with van der Waals surface area (Å²) in [6.45, 7) is 1.23. The lowest BCUT2D eigenvalue weighted by atomic mass is 9.87. The number of ether oxygens (including phenoxy) is 1. The molecule has 4 heteroatoms. The zero-order valence-electron chi connectivity index (χ0n) is 9.50. The molecule has 1 fully saturated rings. The molecule has 1 amide bonds. The fourth-order valence-corrected chi connectivity index (χ4v) is 2.05. The van der Waals surface area contributed by atoms with Crippen molar-refractivity contribution in [3.8, 4) is 0 Å². The van der Waals surface area contributed by atoms with Gasteiger partial charge in [0.25, 0.3) is 0 Å². The zero-order chi connectivity index (χ0) is 11.1. The first-order valence-electron chi connectivity index (χ1n) is 5.75. The molecule has 0 heterocycles. The van der Waals surface area contributed by atoms with Crippen molar-refractivity contribution in [1.82, 2.24) is 5.32 Å². The van der Waals surface area contributed by atoms with Crippen molar-refractivity contribution in [2.75, 3.05) is 20.2 Å². The van der Waals surface area contributed by atoms with Gasteiger partial charge in [-0.2, -0.15) is 0 Å². The molecule has 1 aliphatic rings. The third-order valence-electron chi connectivity index (χ3n) is 3.09. The van der Waals surface area contributed by atoms with Gasteiger partial charge < -0.3 is 15.8 Å². The van der Waals surface area contributed by atoms with Gasteiger partial charge >= 0.3 is 0 Å². The van der Waals surface area contributed by atoms with Crippen LogP contribution in [0.25, 0.3) is 0 Å². The molecule has 0 saturated heterocycles. The molecule has 0 atom stereocenters. The SMILES string of the molecule is COC1CCC(CNC(=O)CCN)CC1. The Hall–Kier alpha value is -0.610. The van der Waals surface area contributed by atoms with Gasteiger partial charge in [-0.3, -0.25) is 4.79 Å². The Morgan fingerprint density at radius 3 is 2.60 bits per heavy atom. The largest absolute Gasteiger partial charge is 0.381 e. The highest BCUT2D eigenvalue weighted by molar-refractivity contribution is 5.75. The maximum atomic E-state index is 11.2. The molecule has 15 heavy (non-hydrogen) atoms. The Bertz CT molecular complexity index is 189. The second kappa shape index (κ2) is 6.80. The third-order valence-corrected chi connectivity index (χ3v) is 3.09. The predicted molar refractivity (Wildman–Crippen MR) is 59.4 cm³/mol. The van der Waals surface area contributed by atoms with Gasteiger partial charge in [-0.15, -0.1) is 0 Å². The van der Waals surface area contributed by atoms with E-state index in [9.17, 15) is 4.79 Å². The first-order valence-corrected chi connectivity index (χ1v) is 5.75. The van der Waals surface area contributed by atoms with Gasteiger partial charge in [-0.1, -0.05) is 0 Å². The van der Waals surface area contributed by atoms with Crippen LogP contribution >= 0.6 is 0 Å². The molecule has 1 rings (SSSR count). The van der Waals surface area contributed by atoms with E-state index in [0.717, 1.165) is 32.2 Å². The fourth-order valence-electron chi connectivity index (χ4n) is 2.05. The fraction of sp³-hybridized carbons (Fsp3) is 0.909. The van der Waals surface area contributed by atoms with Crippen molar-refractivity contribution in [2.24, 2.45) is 11.7 Å². The van der Waals surface area contributed by atoms with Gasteiger partial charge in [0.05, 0.1) is 6.10 Å². The maximum Gasteiger partial charge on any atom is 0.221 e. The molecule has 4 nitrogen and oxygen atoms in total. The van der Waals surface area contributed by atoms with Crippen molar-refractivity contribution >= 4 is 5.91 Å². The average molecular weight is 214 g/mol. The van der Waals surface area contributed by atoms with E-state index >= 15 is 0 Å². The Morgan fingerprint density at radius 1 is 1.40 bits per heavy atom. The van der Waals surface area contributed by atoms with Crippen molar-refractivity contribution < 1.29 is 9.53 Å². The van der Waals surface area contributed by atoms with E-state index in [1.807, 2.05) is 0 Å². The van der Waals surface area contributed by atoms with Gasteiger partial charge in [0.15, 0.2) is 0 Å². The zero-order valence-corrected chi connectivity index (χ0v) is 9.50. The maximum absolute atomic E-state index is 11.2. The monoisotopic (exact) mass is 214 g/mol. The Kier molecular flexibility index (Phi) is 5.65. The summed E-state index contributed by atoms with van der Waals surface area (Å²) in [5.41, 5.74) is 5.30. The van der Waals surface area contributed by atoms with Crippen LogP contribution in [0, 0.1) is 5.92 Å². The smallest absolute Gasteiger partial charge is 0.221 e.